The molecule has 0 radical (unpaired) electrons. The summed E-state index contributed by atoms with van der Waals surface area (Å²) in [5.41, 5.74) is 5.74. The first kappa shape index (κ1) is 10.6. The number of nitrogen functional groups attached to an aromatic ring is 1. The SMILES string of the molecule is Cc1cc(C(F)(F)F)cc(I)c1N. The first-order valence-electron chi connectivity index (χ1n) is 3.45. The van der Waals surface area contributed by atoms with E-state index in [1.54, 1.807) is 29.5 Å². The molecule has 0 fully saturated rings. The highest BCUT2D eigenvalue weighted by atomic mass is 127. The molecule has 13 heavy (non-hydrogen) atoms. The van der Waals surface area contributed by atoms with Gasteiger partial charge >= 0.3 is 6.18 Å². The Bertz CT molecular complexity index is 310. The highest BCUT2D eigenvalue weighted by Crippen LogP contribution is 2.33. The van der Waals surface area contributed by atoms with Crippen molar-refractivity contribution in [2.24, 2.45) is 0 Å². The van der Waals surface area contributed by atoms with Gasteiger partial charge in [0.2, 0.25) is 0 Å². The van der Waals surface area contributed by atoms with Gasteiger partial charge in [-0.2, -0.15) is 13.2 Å². The zero-order valence-corrected chi connectivity index (χ0v) is 8.90. The minimum absolute atomic E-state index is 0.411. The third kappa shape index (κ3) is 2.26. The molecule has 2 N–H and O–H groups in total. The maximum Gasteiger partial charge on any atom is 0.416 e. The molecule has 0 unspecified atom stereocenters. The van der Waals surface area contributed by atoms with Crippen molar-refractivity contribution >= 4 is 28.3 Å². The Morgan fingerprint density at radius 2 is 1.85 bits per heavy atom. The van der Waals surface area contributed by atoms with Gasteiger partial charge in [-0.25, -0.2) is 0 Å². The number of nitrogens with two attached hydrogens (primary N) is 1. The average Bonchev–Trinajstić information content (AvgIpc) is 1.97. The van der Waals surface area contributed by atoms with Crippen LogP contribution in [0.1, 0.15) is 11.1 Å². The van der Waals surface area contributed by atoms with Gasteiger partial charge < -0.3 is 5.73 Å². The maximum absolute atomic E-state index is 12.2. The van der Waals surface area contributed by atoms with Crippen LogP contribution in [-0.2, 0) is 6.18 Å². The van der Waals surface area contributed by atoms with Gasteiger partial charge in [-0.1, -0.05) is 0 Å². The summed E-state index contributed by atoms with van der Waals surface area (Å²) in [6.45, 7) is 1.56. The molecule has 0 saturated carbocycles. The molecule has 0 aromatic heterocycles. The van der Waals surface area contributed by atoms with Gasteiger partial charge in [-0.05, 0) is 47.2 Å². The average molecular weight is 301 g/mol. The number of benzene rings is 1. The second-order valence-corrected chi connectivity index (χ2v) is 3.85. The van der Waals surface area contributed by atoms with Crippen molar-refractivity contribution in [2.75, 3.05) is 5.73 Å². The summed E-state index contributed by atoms with van der Waals surface area (Å²) in [6.07, 6.45) is -4.29. The summed E-state index contributed by atoms with van der Waals surface area (Å²) in [7, 11) is 0. The molecule has 0 spiro atoms. The molecule has 0 bridgehead atoms. The lowest BCUT2D eigenvalue weighted by Gasteiger charge is -2.10. The first-order valence-corrected chi connectivity index (χ1v) is 4.53. The lowest BCUT2D eigenvalue weighted by molar-refractivity contribution is -0.137. The van der Waals surface area contributed by atoms with Crippen molar-refractivity contribution in [3.63, 3.8) is 0 Å². The van der Waals surface area contributed by atoms with E-state index in [-0.39, 0.29) is 0 Å². The van der Waals surface area contributed by atoms with Gasteiger partial charge in [-0.3, -0.25) is 0 Å². The fraction of sp³-hybridized carbons (Fsp3) is 0.250. The van der Waals surface area contributed by atoms with Crippen LogP contribution in [-0.4, -0.2) is 0 Å². The van der Waals surface area contributed by atoms with Crippen molar-refractivity contribution in [2.45, 2.75) is 13.1 Å². The third-order valence-electron chi connectivity index (χ3n) is 1.66. The summed E-state index contributed by atoms with van der Waals surface area (Å²) in [5.74, 6) is 0. The minimum Gasteiger partial charge on any atom is -0.398 e. The van der Waals surface area contributed by atoms with Gasteiger partial charge in [0.05, 0.1) is 5.56 Å². The molecule has 0 atom stereocenters. The topological polar surface area (TPSA) is 26.0 Å². The van der Waals surface area contributed by atoms with Crippen LogP contribution in [0.3, 0.4) is 0 Å². The van der Waals surface area contributed by atoms with E-state index >= 15 is 0 Å². The van der Waals surface area contributed by atoms with E-state index in [9.17, 15) is 13.2 Å². The molecule has 0 saturated heterocycles. The van der Waals surface area contributed by atoms with E-state index in [1.165, 1.54) is 0 Å². The molecular formula is C8H7F3IN. The van der Waals surface area contributed by atoms with Crippen LogP contribution in [0, 0.1) is 10.5 Å². The first-order chi connectivity index (χ1) is 5.82. The van der Waals surface area contributed by atoms with E-state index in [0.29, 0.717) is 14.8 Å². The summed E-state index contributed by atoms with van der Waals surface area (Å²) >= 11 is 1.79. The molecule has 1 nitrogen and oxygen atoms in total. The number of aryl methyl sites for hydroxylation is 1. The van der Waals surface area contributed by atoms with Crippen LogP contribution in [0.4, 0.5) is 18.9 Å². The molecule has 1 aromatic carbocycles. The number of rotatable bonds is 0. The lowest BCUT2D eigenvalue weighted by Crippen LogP contribution is -2.07. The Balaban J connectivity index is 3.29. The number of alkyl halides is 3. The highest BCUT2D eigenvalue weighted by Gasteiger charge is 2.31. The number of anilines is 1. The number of halogens is 4. The molecule has 0 aliphatic heterocycles. The molecule has 1 rings (SSSR count). The monoisotopic (exact) mass is 301 g/mol. The zero-order valence-electron chi connectivity index (χ0n) is 6.74. The van der Waals surface area contributed by atoms with Gasteiger partial charge in [-0.15, -0.1) is 0 Å². The van der Waals surface area contributed by atoms with Gasteiger partial charge in [0.25, 0.3) is 0 Å². The normalized spacial score (nSPS) is 11.8. The molecule has 1 aromatic rings. The standard InChI is InChI=1S/C8H7F3IN/c1-4-2-5(8(9,10)11)3-6(12)7(4)13/h2-3H,13H2,1H3. The molecule has 0 aliphatic rings. The van der Waals surface area contributed by atoms with Crippen molar-refractivity contribution in [3.8, 4) is 0 Å². The highest BCUT2D eigenvalue weighted by molar-refractivity contribution is 14.1. The van der Waals surface area contributed by atoms with Gasteiger partial charge in [0.15, 0.2) is 0 Å². The van der Waals surface area contributed by atoms with Crippen molar-refractivity contribution in [1.82, 2.24) is 0 Å². The Hall–Kier alpha value is -0.460. The Labute approximate surface area is 87.3 Å². The molecular weight excluding hydrogens is 294 g/mol. The Kier molecular flexibility index (Phi) is 2.74. The van der Waals surface area contributed by atoms with Crippen LogP contribution in [0.25, 0.3) is 0 Å². The molecule has 5 heteroatoms. The number of hydrogen-bond acceptors (Lipinski definition) is 1. The van der Waals surface area contributed by atoms with Crippen LogP contribution in [0.5, 0.6) is 0 Å². The van der Waals surface area contributed by atoms with Gasteiger partial charge in [0, 0.05) is 9.26 Å². The van der Waals surface area contributed by atoms with E-state index in [1.807, 2.05) is 0 Å². The lowest BCUT2D eigenvalue weighted by atomic mass is 10.1. The minimum atomic E-state index is -4.29. The Morgan fingerprint density at radius 3 is 2.23 bits per heavy atom. The van der Waals surface area contributed by atoms with Crippen LogP contribution in [0.15, 0.2) is 12.1 Å². The molecule has 0 amide bonds. The second kappa shape index (κ2) is 3.36. The van der Waals surface area contributed by atoms with Crippen molar-refractivity contribution in [3.05, 3.63) is 26.8 Å². The Morgan fingerprint density at radius 1 is 1.31 bits per heavy atom. The number of hydrogen-bond donors (Lipinski definition) is 1. The van der Waals surface area contributed by atoms with Crippen LogP contribution >= 0.6 is 22.6 Å². The van der Waals surface area contributed by atoms with Crippen LogP contribution in [0.2, 0.25) is 0 Å². The van der Waals surface area contributed by atoms with E-state index in [2.05, 4.69) is 0 Å². The zero-order chi connectivity index (χ0) is 10.2. The molecule has 0 aliphatic carbocycles. The summed E-state index contributed by atoms with van der Waals surface area (Å²) < 4.78 is 37.1. The smallest absolute Gasteiger partial charge is 0.398 e. The fourth-order valence-electron chi connectivity index (χ4n) is 0.919. The van der Waals surface area contributed by atoms with E-state index in [0.717, 1.165) is 12.1 Å². The molecule has 0 heterocycles. The quantitative estimate of drug-likeness (QED) is 0.578. The predicted molar refractivity (Wildman–Crippen MR) is 53.3 cm³/mol. The van der Waals surface area contributed by atoms with Crippen LogP contribution < -0.4 is 5.73 Å². The largest absolute Gasteiger partial charge is 0.416 e. The summed E-state index contributed by atoms with van der Waals surface area (Å²) in [5, 5.41) is 0. The third-order valence-corrected chi connectivity index (χ3v) is 2.56. The summed E-state index contributed by atoms with van der Waals surface area (Å²) in [6, 6.07) is 2.10. The van der Waals surface area contributed by atoms with E-state index < -0.39 is 11.7 Å². The van der Waals surface area contributed by atoms with Crippen molar-refractivity contribution in [1.29, 1.82) is 0 Å². The fourth-order valence-corrected chi connectivity index (χ4v) is 1.68. The molecule has 72 valence electrons. The maximum atomic E-state index is 12.2. The summed E-state index contributed by atoms with van der Waals surface area (Å²) in [4.78, 5) is 0. The van der Waals surface area contributed by atoms with E-state index in [4.69, 9.17) is 5.73 Å². The second-order valence-electron chi connectivity index (χ2n) is 2.69. The van der Waals surface area contributed by atoms with Gasteiger partial charge in [0.1, 0.15) is 0 Å². The van der Waals surface area contributed by atoms with Crippen molar-refractivity contribution < 1.29 is 13.2 Å². The predicted octanol–water partition coefficient (Wildman–Crippen LogP) is 3.20.